The number of benzene rings is 2. The predicted octanol–water partition coefficient (Wildman–Crippen LogP) is 1.49. The average molecular weight is 480 g/mol. The van der Waals surface area contributed by atoms with Crippen LogP contribution in [0.25, 0.3) is 0 Å². The van der Waals surface area contributed by atoms with Gasteiger partial charge in [-0.3, -0.25) is 9.69 Å². The van der Waals surface area contributed by atoms with Crippen LogP contribution in [-0.2, 0) is 9.53 Å². The second-order valence-electron chi connectivity index (χ2n) is 9.40. The first-order valence-electron chi connectivity index (χ1n) is 11.5. The largest absolute Gasteiger partial charge is 0.485 e. The van der Waals surface area contributed by atoms with Crippen molar-refractivity contribution >= 4 is 11.9 Å². The van der Waals surface area contributed by atoms with E-state index in [0.717, 1.165) is 0 Å². The van der Waals surface area contributed by atoms with Crippen LogP contribution in [0.4, 0.5) is 0 Å². The molecule has 2 aliphatic heterocycles. The third-order valence-corrected chi connectivity index (χ3v) is 6.40. The van der Waals surface area contributed by atoms with Crippen LogP contribution in [0, 0.1) is 11.3 Å². The van der Waals surface area contributed by atoms with Gasteiger partial charge in [0, 0.05) is 25.2 Å². The molecule has 2 aromatic carbocycles. The Labute approximate surface area is 204 Å². The fourth-order valence-electron chi connectivity index (χ4n) is 4.54. The highest BCUT2D eigenvalue weighted by atomic mass is 16.5. The van der Waals surface area contributed by atoms with Crippen molar-refractivity contribution in [2.75, 3.05) is 32.8 Å². The first-order valence-corrected chi connectivity index (χ1v) is 11.5. The minimum absolute atomic E-state index is 0.0431. The van der Waals surface area contributed by atoms with Gasteiger partial charge >= 0.3 is 5.97 Å². The maximum atomic E-state index is 13.2. The van der Waals surface area contributed by atoms with Gasteiger partial charge in [-0.05, 0) is 44.2 Å². The second-order valence-corrected chi connectivity index (χ2v) is 9.40. The minimum Gasteiger partial charge on any atom is -0.485 e. The van der Waals surface area contributed by atoms with Gasteiger partial charge in [-0.2, -0.15) is 5.26 Å². The predicted molar refractivity (Wildman–Crippen MR) is 125 cm³/mol. The van der Waals surface area contributed by atoms with E-state index in [2.05, 4.69) is 6.07 Å². The summed E-state index contributed by atoms with van der Waals surface area (Å²) in [6.45, 7) is 4.34. The van der Waals surface area contributed by atoms with Gasteiger partial charge in [-0.15, -0.1) is 0 Å². The molecule has 4 rings (SSSR count). The standard InChI is InChI=1S/C26H29N3O6/c1-26(2)24(32)23(20-12-17(13-27)8-9-21(20)35-26)29-11-10-28(15-22(29)31)14-19(30)16-34-25(33)18-6-4-3-5-7-18/h3-9,12,19,23-24,30,32H,10-11,14-16H2,1-2H3/t19?,23-,24+/m1/s1. The van der Waals surface area contributed by atoms with E-state index in [-0.39, 0.29) is 25.6 Å². The average Bonchev–Trinajstić information content (AvgIpc) is 2.84. The van der Waals surface area contributed by atoms with Crippen LogP contribution in [0.3, 0.4) is 0 Å². The minimum atomic E-state index is -0.998. The molecule has 3 atom stereocenters. The number of rotatable bonds is 6. The molecule has 9 nitrogen and oxygen atoms in total. The number of carbonyl (C=O) groups is 2. The zero-order valence-electron chi connectivity index (χ0n) is 19.8. The quantitative estimate of drug-likeness (QED) is 0.598. The van der Waals surface area contributed by atoms with Gasteiger partial charge in [-0.25, -0.2) is 4.79 Å². The van der Waals surface area contributed by atoms with Gasteiger partial charge in [0.05, 0.1) is 29.8 Å². The lowest BCUT2D eigenvalue weighted by molar-refractivity contribution is -0.151. The van der Waals surface area contributed by atoms with E-state index in [0.29, 0.717) is 35.5 Å². The molecule has 2 N–H and O–H groups in total. The monoisotopic (exact) mass is 479 g/mol. The number of nitriles is 1. The first-order chi connectivity index (χ1) is 16.7. The van der Waals surface area contributed by atoms with Crippen LogP contribution in [0.1, 0.15) is 41.4 Å². The summed E-state index contributed by atoms with van der Waals surface area (Å²) in [5, 5.41) is 30.8. The molecular formula is C26H29N3O6. The van der Waals surface area contributed by atoms with Gasteiger partial charge in [0.15, 0.2) is 0 Å². The fourth-order valence-corrected chi connectivity index (χ4v) is 4.54. The molecule has 0 aromatic heterocycles. The molecule has 0 bridgehead atoms. The van der Waals surface area contributed by atoms with Crippen LogP contribution < -0.4 is 4.74 Å². The number of amides is 1. The molecule has 1 amide bonds. The van der Waals surface area contributed by atoms with Crippen LogP contribution >= 0.6 is 0 Å². The number of ether oxygens (including phenoxy) is 2. The highest BCUT2D eigenvalue weighted by molar-refractivity contribution is 5.89. The number of aliphatic hydroxyl groups excluding tert-OH is 2. The van der Waals surface area contributed by atoms with Crippen molar-refractivity contribution < 1.29 is 29.3 Å². The zero-order chi connectivity index (χ0) is 25.2. The molecule has 1 saturated heterocycles. The van der Waals surface area contributed by atoms with E-state index in [4.69, 9.17) is 9.47 Å². The van der Waals surface area contributed by atoms with Crippen LogP contribution in [0.5, 0.6) is 5.75 Å². The number of carbonyl (C=O) groups excluding carboxylic acids is 2. The van der Waals surface area contributed by atoms with Crippen molar-refractivity contribution in [2.45, 2.75) is 37.7 Å². The van der Waals surface area contributed by atoms with E-state index in [1.54, 1.807) is 72.2 Å². The Balaban J connectivity index is 1.39. The molecule has 35 heavy (non-hydrogen) atoms. The van der Waals surface area contributed by atoms with Gasteiger partial charge in [0.25, 0.3) is 0 Å². The molecule has 2 aliphatic rings. The molecule has 1 unspecified atom stereocenters. The SMILES string of the molecule is CC1(C)Oc2ccc(C#N)cc2[C@@H](N2CCN(CC(O)COC(=O)c3ccccc3)CC2=O)[C@@H]1O. The Bertz CT molecular complexity index is 1130. The fraction of sp³-hybridized carbons (Fsp3) is 0.423. The third kappa shape index (κ3) is 5.30. The molecule has 0 aliphatic carbocycles. The number of hydrogen-bond donors (Lipinski definition) is 2. The normalized spacial score (nSPS) is 22.5. The number of aliphatic hydroxyl groups is 2. The summed E-state index contributed by atoms with van der Waals surface area (Å²) < 4.78 is 11.1. The zero-order valence-corrected chi connectivity index (χ0v) is 19.8. The Kier molecular flexibility index (Phi) is 7.08. The Morgan fingerprint density at radius 3 is 2.69 bits per heavy atom. The Morgan fingerprint density at radius 1 is 1.26 bits per heavy atom. The lowest BCUT2D eigenvalue weighted by atomic mass is 9.84. The topological polar surface area (TPSA) is 123 Å². The molecule has 0 spiro atoms. The lowest BCUT2D eigenvalue weighted by Gasteiger charge is -2.48. The van der Waals surface area contributed by atoms with E-state index >= 15 is 0 Å². The lowest BCUT2D eigenvalue weighted by Crippen LogP contribution is -2.59. The molecule has 2 aromatic rings. The molecule has 1 fully saturated rings. The molecule has 2 heterocycles. The summed E-state index contributed by atoms with van der Waals surface area (Å²) in [5.74, 6) is -0.188. The Hall–Kier alpha value is -3.45. The van der Waals surface area contributed by atoms with E-state index in [1.165, 1.54) is 0 Å². The number of β-amino-alcohol motifs (C(OH)–C–C–N with tert-alkyl or cyclic N) is 1. The second kappa shape index (κ2) is 10.0. The van der Waals surface area contributed by atoms with E-state index in [1.807, 2.05) is 0 Å². The van der Waals surface area contributed by atoms with E-state index < -0.39 is 29.8 Å². The Morgan fingerprint density at radius 2 is 2.00 bits per heavy atom. The summed E-state index contributed by atoms with van der Waals surface area (Å²) in [7, 11) is 0. The van der Waals surface area contributed by atoms with Crippen molar-refractivity contribution in [2.24, 2.45) is 0 Å². The number of hydrogen-bond acceptors (Lipinski definition) is 8. The van der Waals surface area contributed by atoms with Crippen molar-refractivity contribution in [1.29, 1.82) is 5.26 Å². The summed E-state index contributed by atoms with van der Waals surface area (Å²) >= 11 is 0. The molecule has 184 valence electrons. The first kappa shape index (κ1) is 24.7. The summed E-state index contributed by atoms with van der Waals surface area (Å²) in [4.78, 5) is 28.7. The molecule has 0 radical (unpaired) electrons. The summed E-state index contributed by atoms with van der Waals surface area (Å²) in [5.41, 5.74) is 0.498. The maximum absolute atomic E-state index is 13.2. The van der Waals surface area contributed by atoms with Crippen LogP contribution in [0.15, 0.2) is 48.5 Å². The van der Waals surface area contributed by atoms with Crippen molar-refractivity contribution in [1.82, 2.24) is 9.80 Å². The van der Waals surface area contributed by atoms with Crippen LogP contribution in [0.2, 0.25) is 0 Å². The number of fused-ring (bicyclic) bond motifs is 1. The summed E-state index contributed by atoms with van der Waals surface area (Å²) in [6, 6.07) is 15.0. The number of piperazine rings is 1. The molecule has 9 heteroatoms. The highest BCUT2D eigenvalue weighted by Gasteiger charge is 2.47. The maximum Gasteiger partial charge on any atom is 0.338 e. The third-order valence-electron chi connectivity index (χ3n) is 6.40. The van der Waals surface area contributed by atoms with Gasteiger partial charge in [-0.1, -0.05) is 18.2 Å². The summed E-state index contributed by atoms with van der Waals surface area (Å²) in [6.07, 6.45) is -1.95. The molecular weight excluding hydrogens is 450 g/mol. The highest BCUT2D eigenvalue weighted by Crippen LogP contribution is 2.43. The number of esters is 1. The molecule has 0 saturated carbocycles. The van der Waals surface area contributed by atoms with Gasteiger partial charge < -0.3 is 24.6 Å². The van der Waals surface area contributed by atoms with Crippen molar-refractivity contribution in [3.63, 3.8) is 0 Å². The smallest absolute Gasteiger partial charge is 0.338 e. The van der Waals surface area contributed by atoms with Crippen molar-refractivity contribution in [3.05, 3.63) is 65.2 Å². The number of nitrogens with zero attached hydrogens (tertiary/aromatic N) is 3. The van der Waals surface area contributed by atoms with E-state index in [9.17, 15) is 25.1 Å². The van der Waals surface area contributed by atoms with Crippen LogP contribution in [-0.4, -0.2) is 82.5 Å². The van der Waals surface area contributed by atoms with Gasteiger partial charge in [0.1, 0.15) is 30.2 Å². The van der Waals surface area contributed by atoms with Gasteiger partial charge in [0.2, 0.25) is 5.91 Å². The van der Waals surface area contributed by atoms with Crippen molar-refractivity contribution in [3.8, 4) is 11.8 Å².